The lowest BCUT2D eigenvalue weighted by Gasteiger charge is -2.42. The zero-order valence-electron chi connectivity index (χ0n) is 39.6. The van der Waals surface area contributed by atoms with Crippen molar-refractivity contribution in [2.75, 3.05) is 33.0 Å². The molecule has 0 aromatic carbocycles. The van der Waals surface area contributed by atoms with Gasteiger partial charge < -0.3 is 64.2 Å². The summed E-state index contributed by atoms with van der Waals surface area (Å²) >= 11 is 0. The molecule has 7 N–H and O–H groups in total. The summed E-state index contributed by atoms with van der Waals surface area (Å²) in [5.41, 5.74) is 0. The first kappa shape index (κ1) is 58.1. The molecule has 2 heterocycles. The number of hydrogen-bond acceptors (Lipinski definition) is 14. The highest BCUT2D eigenvalue weighted by molar-refractivity contribution is 5.69. The van der Waals surface area contributed by atoms with Crippen LogP contribution in [0.3, 0.4) is 0 Å². The molecule has 14 nitrogen and oxygen atoms in total. The average Bonchev–Trinajstić information content (AvgIpc) is 3.28. The van der Waals surface area contributed by atoms with E-state index in [1.54, 1.807) is 0 Å². The van der Waals surface area contributed by atoms with Crippen molar-refractivity contribution in [3.63, 3.8) is 0 Å². The number of unbranched alkanes of at least 4 members (excludes halogenated alkanes) is 27. The smallest absolute Gasteiger partial charge is 0.306 e. The molecule has 0 spiro atoms. The molecule has 2 aliphatic heterocycles. The predicted octanol–water partition coefficient (Wildman–Crippen LogP) is 7.30. The standard InChI is InChI=1S/C49H94O14/c1-3-5-7-9-11-12-13-14-15-16-17-18-19-20-21-22-23-24-25-26-28-30-32-41(51)61-38(35-58-33-31-29-27-10-8-6-4-2)36-59-48-47(57)45(55)43(53)40(63-48)37-60-49-46(56)44(54)42(52)39(34-50)62-49/h38-40,42-50,52-57H,3-37H2,1-2H3. The third-order valence-electron chi connectivity index (χ3n) is 12.6. The third kappa shape index (κ3) is 26.2. The normalized spacial score (nSPS) is 26.9. The highest BCUT2D eigenvalue weighted by Gasteiger charge is 2.47. The van der Waals surface area contributed by atoms with Crippen LogP contribution in [0.1, 0.15) is 206 Å². The van der Waals surface area contributed by atoms with Gasteiger partial charge in [0, 0.05) is 13.0 Å². The summed E-state index contributed by atoms with van der Waals surface area (Å²) in [4.78, 5) is 13.0. The van der Waals surface area contributed by atoms with Crippen LogP contribution in [-0.2, 0) is 33.2 Å². The van der Waals surface area contributed by atoms with Gasteiger partial charge in [-0.2, -0.15) is 0 Å². The van der Waals surface area contributed by atoms with Crippen LogP contribution < -0.4 is 0 Å². The summed E-state index contributed by atoms with van der Waals surface area (Å²) in [5.74, 6) is -0.373. The first-order valence-electron chi connectivity index (χ1n) is 25.6. The van der Waals surface area contributed by atoms with Gasteiger partial charge in [0.2, 0.25) is 0 Å². The van der Waals surface area contributed by atoms with Crippen LogP contribution in [0.5, 0.6) is 0 Å². The fraction of sp³-hybridized carbons (Fsp3) is 0.980. The van der Waals surface area contributed by atoms with E-state index in [1.165, 1.54) is 141 Å². The van der Waals surface area contributed by atoms with Gasteiger partial charge in [0.05, 0.1) is 26.4 Å². The quantitative estimate of drug-likeness (QED) is 0.0237. The van der Waals surface area contributed by atoms with Crippen molar-refractivity contribution in [3.05, 3.63) is 0 Å². The van der Waals surface area contributed by atoms with Crippen LogP contribution in [0.2, 0.25) is 0 Å². The molecule has 0 aliphatic carbocycles. The zero-order chi connectivity index (χ0) is 45.9. The van der Waals surface area contributed by atoms with Crippen LogP contribution in [-0.4, -0.2) is 142 Å². The molecule has 2 aliphatic rings. The fourth-order valence-corrected chi connectivity index (χ4v) is 8.40. The molecule has 2 saturated heterocycles. The summed E-state index contributed by atoms with van der Waals surface area (Å²) < 4.78 is 34.1. The minimum absolute atomic E-state index is 0.0680. The lowest BCUT2D eigenvalue weighted by molar-refractivity contribution is -0.332. The Morgan fingerprint density at radius 2 is 0.841 bits per heavy atom. The maximum absolute atomic E-state index is 13.0. The number of carbonyl (C=O) groups is 1. The molecule has 2 fully saturated rings. The minimum atomic E-state index is -1.70. The molecule has 0 saturated carbocycles. The number of hydrogen-bond donors (Lipinski definition) is 7. The largest absolute Gasteiger partial charge is 0.457 e. The SMILES string of the molecule is CCCCCCCCCCCCCCCCCCCCCCCCC(=O)OC(COCCCCCCCCC)COC1OC(COC2OC(CO)C(O)C(O)C2O)C(O)C(O)C1O. The molecule has 11 atom stereocenters. The molecule has 0 amide bonds. The number of aliphatic hydroxyl groups excluding tert-OH is 7. The lowest BCUT2D eigenvalue weighted by Crippen LogP contribution is -2.61. The predicted molar refractivity (Wildman–Crippen MR) is 243 cm³/mol. The number of carbonyl (C=O) groups excluding carboxylic acids is 1. The van der Waals surface area contributed by atoms with Crippen LogP contribution >= 0.6 is 0 Å². The topological polar surface area (TPSA) is 214 Å². The molecule has 2 rings (SSSR count). The molecule has 0 bridgehead atoms. The minimum Gasteiger partial charge on any atom is -0.457 e. The van der Waals surface area contributed by atoms with E-state index in [0.29, 0.717) is 6.61 Å². The Morgan fingerprint density at radius 3 is 1.29 bits per heavy atom. The van der Waals surface area contributed by atoms with E-state index in [9.17, 15) is 40.5 Å². The van der Waals surface area contributed by atoms with Crippen LogP contribution in [0.25, 0.3) is 0 Å². The van der Waals surface area contributed by atoms with Gasteiger partial charge in [-0.1, -0.05) is 187 Å². The van der Waals surface area contributed by atoms with E-state index >= 15 is 0 Å². The van der Waals surface area contributed by atoms with Gasteiger partial charge in [0.25, 0.3) is 0 Å². The van der Waals surface area contributed by atoms with Crippen LogP contribution in [0, 0.1) is 0 Å². The molecule has 0 aromatic rings. The van der Waals surface area contributed by atoms with Crippen molar-refractivity contribution in [2.24, 2.45) is 0 Å². The van der Waals surface area contributed by atoms with E-state index in [0.717, 1.165) is 44.9 Å². The second-order valence-electron chi connectivity index (χ2n) is 18.4. The lowest BCUT2D eigenvalue weighted by atomic mass is 9.98. The highest BCUT2D eigenvalue weighted by Crippen LogP contribution is 2.26. The Hall–Kier alpha value is -1.01. The number of rotatable bonds is 41. The van der Waals surface area contributed by atoms with Crippen molar-refractivity contribution in [2.45, 2.75) is 274 Å². The van der Waals surface area contributed by atoms with E-state index in [4.69, 9.17) is 28.4 Å². The van der Waals surface area contributed by atoms with E-state index in [-0.39, 0.29) is 25.6 Å². The van der Waals surface area contributed by atoms with E-state index < -0.39 is 80.7 Å². The maximum Gasteiger partial charge on any atom is 0.306 e. The van der Waals surface area contributed by atoms with Gasteiger partial charge in [-0.3, -0.25) is 4.79 Å². The number of esters is 1. The molecule has 0 aromatic heterocycles. The molecule has 0 radical (unpaired) electrons. The number of ether oxygens (including phenoxy) is 6. The van der Waals surface area contributed by atoms with Gasteiger partial charge in [0.15, 0.2) is 12.6 Å². The van der Waals surface area contributed by atoms with Gasteiger partial charge in [-0.05, 0) is 12.8 Å². The third-order valence-corrected chi connectivity index (χ3v) is 12.6. The van der Waals surface area contributed by atoms with Crippen LogP contribution in [0.15, 0.2) is 0 Å². The summed E-state index contributed by atoms with van der Waals surface area (Å²) in [6.45, 7) is 3.68. The van der Waals surface area contributed by atoms with Crippen molar-refractivity contribution < 1.29 is 69.0 Å². The fourth-order valence-electron chi connectivity index (χ4n) is 8.40. The summed E-state index contributed by atoms with van der Waals surface area (Å²) in [7, 11) is 0. The van der Waals surface area contributed by atoms with Crippen molar-refractivity contribution in [1.29, 1.82) is 0 Å². The summed E-state index contributed by atoms with van der Waals surface area (Å²) in [5, 5.41) is 71.9. The van der Waals surface area contributed by atoms with Gasteiger partial charge in [-0.25, -0.2) is 0 Å². The molecular weight excluding hydrogens is 813 g/mol. The average molecular weight is 907 g/mol. The van der Waals surface area contributed by atoms with E-state index in [1.807, 2.05) is 0 Å². The zero-order valence-corrected chi connectivity index (χ0v) is 39.6. The number of aliphatic hydroxyl groups is 7. The first-order chi connectivity index (χ1) is 30.6. The second kappa shape index (κ2) is 38.0. The Balaban J connectivity index is 1.67. The molecule has 374 valence electrons. The van der Waals surface area contributed by atoms with Crippen LogP contribution in [0.4, 0.5) is 0 Å². The van der Waals surface area contributed by atoms with Crippen molar-refractivity contribution >= 4 is 5.97 Å². The maximum atomic E-state index is 13.0. The molecule has 63 heavy (non-hydrogen) atoms. The Kier molecular flexibility index (Phi) is 35.1. The second-order valence-corrected chi connectivity index (χ2v) is 18.4. The summed E-state index contributed by atoms with van der Waals surface area (Å²) in [6, 6.07) is 0. The molecular formula is C49H94O14. The Labute approximate surface area is 381 Å². The van der Waals surface area contributed by atoms with Crippen molar-refractivity contribution in [1.82, 2.24) is 0 Å². The highest BCUT2D eigenvalue weighted by atomic mass is 16.7. The van der Waals surface area contributed by atoms with Gasteiger partial charge in [-0.15, -0.1) is 0 Å². The van der Waals surface area contributed by atoms with E-state index in [2.05, 4.69) is 13.8 Å². The summed E-state index contributed by atoms with van der Waals surface area (Å²) in [6.07, 6.45) is 20.6. The Morgan fingerprint density at radius 1 is 0.460 bits per heavy atom. The van der Waals surface area contributed by atoms with Gasteiger partial charge in [0.1, 0.15) is 54.9 Å². The van der Waals surface area contributed by atoms with Crippen molar-refractivity contribution in [3.8, 4) is 0 Å². The molecule has 14 heteroatoms. The first-order valence-corrected chi connectivity index (χ1v) is 25.6. The molecule has 11 unspecified atom stereocenters. The Bertz CT molecular complexity index is 1050. The monoisotopic (exact) mass is 907 g/mol. The van der Waals surface area contributed by atoms with Gasteiger partial charge >= 0.3 is 5.97 Å².